The molecule has 0 saturated heterocycles. The van der Waals surface area contributed by atoms with Crippen molar-refractivity contribution in [3.05, 3.63) is 15.6 Å². The van der Waals surface area contributed by atoms with Crippen molar-refractivity contribution in [3.63, 3.8) is 0 Å². The zero-order chi connectivity index (χ0) is 14.8. The molecule has 0 aliphatic heterocycles. The average molecular weight is 295 g/mol. The highest BCUT2D eigenvalue weighted by Gasteiger charge is 2.41. The Bertz CT molecular complexity index is 413. The van der Waals surface area contributed by atoms with Crippen LogP contribution in [0.5, 0.6) is 0 Å². The third-order valence-electron chi connectivity index (χ3n) is 4.81. The number of nitrogens with zero attached hydrogens (tertiary/aromatic N) is 1. The first-order valence-corrected chi connectivity index (χ1v) is 8.67. The molecule has 3 N–H and O–H groups in total. The second-order valence-electron chi connectivity index (χ2n) is 6.84. The summed E-state index contributed by atoms with van der Waals surface area (Å²) in [7, 11) is 0. The second-order valence-corrected chi connectivity index (χ2v) is 8.13. The van der Waals surface area contributed by atoms with Gasteiger partial charge >= 0.3 is 0 Å². The van der Waals surface area contributed by atoms with Gasteiger partial charge in [-0.05, 0) is 44.4 Å². The summed E-state index contributed by atoms with van der Waals surface area (Å²) < 4.78 is 0. The number of hydrazine groups is 1. The minimum absolute atomic E-state index is 0.359. The van der Waals surface area contributed by atoms with Crippen LogP contribution in [0.3, 0.4) is 0 Å². The van der Waals surface area contributed by atoms with Gasteiger partial charge in [0.15, 0.2) is 0 Å². The maximum Gasteiger partial charge on any atom is 0.0947 e. The van der Waals surface area contributed by atoms with Gasteiger partial charge in [0, 0.05) is 17.3 Å². The van der Waals surface area contributed by atoms with E-state index in [1.807, 2.05) is 11.3 Å². The Kier molecular flexibility index (Phi) is 5.21. The van der Waals surface area contributed by atoms with Crippen molar-refractivity contribution in [1.29, 1.82) is 0 Å². The molecule has 0 radical (unpaired) electrons. The summed E-state index contributed by atoms with van der Waals surface area (Å²) in [5.74, 6) is 6.66. The van der Waals surface area contributed by atoms with E-state index in [9.17, 15) is 0 Å². The number of aryl methyl sites for hydroxylation is 2. The lowest BCUT2D eigenvalue weighted by atomic mass is 9.72. The van der Waals surface area contributed by atoms with Crippen LogP contribution in [-0.2, 0) is 6.42 Å². The highest BCUT2D eigenvalue weighted by molar-refractivity contribution is 7.11. The number of aromatic nitrogens is 1. The summed E-state index contributed by atoms with van der Waals surface area (Å²) in [5, 5.41) is 1.23. The Balaban J connectivity index is 2.16. The summed E-state index contributed by atoms with van der Waals surface area (Å²) in [4.78, 5) is 6.04. The van der Waals surface area contributed by atoms with Gasteiger partial charge in [0.25, 0.3) is 0 Å². The highest BCUT2D eigenvalue weighted by Crippen LogP contribution is 2.46. The first-order chi connectivity index (χ1) is 9.47. The number of thiazole rings is 1. The van der Waals surface area contributed by atoms with Crippen LogP contribution < -0.4 is 11.3 Å². The summed E-state index contributed by atoms with van der Waals surface area (Å²) in [5.41, 5.74) is 4.68. The van der Waals surface area contributed by atoms with Crippen molar-refractivity contribution in [1.82, 2.24) is 10.4 Å². The summed E-state index contributed by atoms with van der Waals surface area (Å²) in [6.45, 7) is 8.90. The van der Waals surface area contributed by atoms with E-state index in [0.29, 0.717) is 11.5 Å². The van der Waals surface area contributed by atoms with Gasteiger partial charge in [0.2, 0.25) is 0 Å². The topological polar surface area (TPSA) is 50.9 Å². The van der Waals surface area contributed by atoms with Gasteiger partial charge in [0.05, 0.1) is 10.7 Å². The molecule has 1 atom stereocenters. The molecule has 0 spiro atoms. The molecule has 1 unspecified atom stereocenters. The summed E-state index contributed by atoms with van der Waals surface area (Å²) in [6.07, 6.45) is 7.56. The van der Waals surface area contributed by atoms with Gasteiger partial charge in [-0.25, -0.2) is 4.98 Å². The Morgan fingerprint density at radius 1 is 1.30 bits per heavy atom. The normalized spacial score (nSPS) is 19.7. The zero-order valence-electron chi connectivity index (χ0n) is 13.3. The van der Waals surface area contributed by atoms with E-state index in [1.165, 1.54) is 47.7 Å². The Morgan fingerprint density at radius 3 is 2.40 bits per heavy atom. The Labute approximate surface area is 127 Å². The average Bonchev–Trinajstić information content (AvgIpc) is 2.94. The quantitative estimate of drug-likeness (QED) is 0.621. The van der Waals surface area contributed by atoms with Crippen LogP contribution >= 0.6 is 11.3 Å². The van der Waals surface area contributed by atoms with E-state index < -0.39 is 0 Å². The maximum absolute atomic E-state index is 5.93. The van der Waals surface area contributed by atoms with Gasteiger partial charge in [-0.2, -0.15) is 0 Å². The molecule has 1 aliphatic carbocycles. The molecule has 1 aromatic heterocycles. The molecule has 4 heteroatoms. The van der Waals surface area contributed by atoms with Crippen LogP contribution in [0.15, 0.2) is 0 Å². The van der Waals surface area contributed by atoms with Crippen molar-refractivity contribution in [2.75, 3.05) is 0 Å². The number of hydrogen-bond acceptors (Lipinski definition) is 4. The predicted octanol–water partition coefficient (Wildman–Crippen LogP) is 3.74. The molecule has 1 aliphatic rings. The molecule has 114 valence electrons. The fraction of sp³-hybridized carbons (Fsp3) is 0.812. The van der Waals surface area contributed by atoms with E-state index in [-0.39, 0.29) is 0 Å². The molecule has 1 fully saturated rings. The number of hydrogen-bond donors (Lipinski definition) is 2. The lowest BCUT2D eigenvalue weighted by Gasteiger charge is -2.38. The van der Waals surface area contributed by atoms with Gasteiger partial charge < -0.3 is 0 Å². The van der Waals surface area contributed by atoms with Crippen molar-refractivity contribution < 1.29 is 0 Å². The molecule has 3 nitrogen and oxygen atoms in total. The third-order valence-corrected chi connectivity index (χ3v) is 5.90. The van der Waals surface area contributed by atoms with Crippen molar-refractivity contribution in [3.8, 4) is 0 Å². The monoisotopic (exact) mass is 295 g/mol. The molecular weight excluding hydrogens is 266 g/mol. The van der Waals surface area contributed by atoms with Crippen LogP contribution in [0, 0.1) is 25.2 Å². The van der Waals surface area contributed by atoms with E-state index in [2.05, 4.69) is 33.1 Å². The smallest absolute Gasteiger partial charge is 0.0947 e. The van der Waals surface area contributed by atoms with E-state index >= 15 is 0 Å². The molecule has 1 heterocycles. The van der Waals surface area contributed by atoms with Crippen LogP contribution in [0.25, 0.3) is 0 Å². The largest absolute Gasteiger partial charge is 0.271 e. The standard InChI is InChI=1S/C16H29N3S/c1-11(2)10-16(7-5-6-8-16)14(19-17)9-15-18-12(3)13(4)20-15/h11,14,19H,5-10,17H2,1-4H3. The predicted molar refractivity (Wildman–Crippen MR) is 86.8 cm³/mol. The van der Waals surface area contributed by atoms with Crippen LogP contribution in [-0.4, -0.2) is 11.0 Å². The lowest BCUT2D eigenvalue weighted by molar-refractivity contribution is 0.154. The van der Waals surface area contributed by atoms with Gasteiger partial charge in [-0.15, -0.1) is 11.3 Å². The zero-order valence-corrected chi connectivity index (χ0v) is 14.1. The van der Waals surface area contributed by atoms with E-state index in [0.717, 1.165) is 12.3 Å². The molecule has 2 rings (SSSR count). The minimum Gasteiger partial charge on any atom is -0.271 e. The molecule has 1 saturated carbocycles. The van der Waals surface area contributed by atoms with Gasteiger partial charge in [-0.3, -0.25) is 11.3 Å². The van der Waals surface area contributed by atoms with Gasteiger partial charge in [0.1, 0.15) is 0 Å². The molecular formula is C16H29N3S. The van der Waals surface area contributed by atoms with Crippen molar-refractivity contribution >= 4 is 11.3 Å². The summed E-state index contributed by atoms with van der Waals surface area (Å²) >= 11 is 1.83. The Hall–Kier alpha value is -0.450. The fourth-order valence-corrected chi connectivity index (χ4v) is 4.82. The van der Waals surface area contributed by atoms with Crippen molar-refractivity contribution in [2.45, 2.75) is 72.3 Å². The van der Waals surface area contributed by atoms with Gasteiger partial charge in [-0.1, -0.05) is 26.7 Å². The van der Waals surface area contributed by atoms with Crippen LogP contribution in [0.2, 0.25) is 0 Å². The molecule has 20 heavy (non-hydrogen) atoms. The number of rotatable bonds is 6. The molecule has 1 aromatic rings. The van der Waals surface area contributed by atoms with E-state index in [1.54, 1.807) is 0 Å². The first-order valence-electron chi connectivity index (χ1n) is 7.86. The van der Waals surface area contributed by atoms with Crippen LogP contribution in [0.4, 0.5) is 0 Å². The number of nitrogens with two attached hydrogens (primary N) is 1. The Morgan fingerprint density at radius 2 is 1.95 bits per heavy atom. The minimum atomic E-state index is 0.359. The van der Waals surface area contributed by atoms with Crippen molar-refractivity contribution in [2.24, 2.45) is 17.2 Å². The fourth-order valence-electron chi connectivity index (χ4n) is 3.84. The van der Waals surface area contributed by atoms with Crippen LogP contribution in [0.1, 0.15) is 61.5 Å². The highest BCUT2D eigenvalue weighted by atomic mass is 32.1. The summed E-state index contributed by atoms with van der Waals surface area (Å²) in [6, 6.07) is 0.359. The van der Waals surface area contributed by atoms with E-state index in [4.69, 9.17) is 10.8 Å². The molecule has 0 amide bonds. The molecule has 0 aromatic carbocycles. The SMILES string of the molecule is Cc1nc(CC(NN)C2(CC(C)C)CCCC2)sc1C. The maximum atomic E-state index is 5.93. The lowest BCUT2D eigenvalue weighted by Crippen LogP contribution is -2.49. The third kappa shape index (κ3) is 3.41. The number of nitrogens with one attached hydrogen (secondary N) is 1. The molecule has 0 bridgehead atoms. The second kappa shape index (κ2) is 6.54. The first kappa shape index (κ1) is 15.9.